The van der Waals surface area contributed by atoms with Crippen LogP contribution in [0.4, 0.5) is 28.4 Å². The molecule has 250 valence electrons. The van der Waals surface area contributed by atoms with Gasteiger partial charge in [0.15, 0.2) is 5.75 Å². The van der Waals surface area contributed by atoms with Gasteiger partial charge in [-0.1, -0.05) is 6.07 Å². The molecule has 0 aliphatic heterocycles. The van der Waals surface area contributed by atoms with E-state index >= 15 is 0 Å². The second-order valence-electron chi connectivity index (χ2n) is 9.70. The summed E-state index contributed by atoms with van der Waals surface area (Å²) in [6, 6.07) is 12.0. The summed E-state index contributed by atoms with van der Waals surface area (Å²) >= 11 is 0. The Labute approximate surface area is 270 Å². The number of nitrogens with two attached hydrogens (primary N) is 1. The van der Waals surface area contributed by atoms with Crippen LogP contribution in [0.5, 0.6) is 5.75 Å². The molecule has 0 unspecified atom stereocenters. The van der Waals surface area contributed by atoms with Gasteiger partial charge in [0.2, 0.25) is 0 Å². The van der Waals surface area contributed by atoms with E-state index in [4.69, 9.17) is 5.73 Å². The molecule has 0 saturated heterocycles. The highest BCUT2D eigenvalue weighted by molar-refractivity contribution is 7.86. The Morgan fingerprint density at radius 3 is 1.60 bits per heavy atom. The quantitative estimate of drug-likeness (QED) is 0.130. The fourth-order valence-electron chi connectivity index (χ4n) is 4.42. The zero-order valence-electron chi connectivity index (χ0n) is 23.3. The first-order chi connectivity index (χ1) is 22.1. The van der Waals surface area contributed by atoms with Gasteiger partial charge < -0.3 is 29.1 Å². The Kier molecular flexibility index (Phi) is 8.56. The molecule has 5 rings (SSSR count). The Bertz CT molecular complexity index is 2680. The lowest BCUT2D eigenvalue weighted by Gasteiger charge is -2.16. The van der Waals surface area contributed by atoms with Gasteiger partial charge >= 0.3 is 0 Å². The second-order valence-corrected chi connectivity index (χ2v) is 15.2. The van der Waals surface area contributed by atoms with Gasteiger partial charge in [-0.3, -0.25) is 0 Å². The first-order valence-corrected chi connectivity index (χ1v) is 18.2. The van der Waals surface area contributed by atoms with Crippen molar-refractivity contribution >= 4 is 90.5 Å². The molecule has 0 radical (unpaired) electrons. The van der Waals surface area contributed by atoms with E-state index in [9.17, 15) is 57.0 Å². The van der Waals surface area contributed by atoms with Crippen LogP contribution in [-0.2, 0) is 40.5 Å². The Morgan fingerprint density at radius 2 is 1.04 bits per heavy atom. The lowest BCUT2D eigenvalue weighted by molar-refractivity contribution is 0.458. The number of benzene rings is 5. The summed E-state index contributed by atoms with van der Waals surface area (Å²) in [5.74, 6) is -0.999. The molecule has 0 atom stereocenters. The van der Waals surface area contributed by atoms with Crippen LogP contribution in [0.2, 0.25) is 0 Å². The van der Waals surface area contributed by atoms with E-state index in [2.05, 4.69) is 20.5 Å². The maximum absolute atomic E-state index is 12.1. The topological polar surface area (TPSA) is 324 Å². The van der Waals surface area contributed by atoms with E-state index in [1.54, 1.807) is 0 Å². The molecule has 5 aromatic carbocycles. The van der Waals surface area contributed by atoms with E-state index in [-0.39, 0.29) is 38.6 Å². The van der Waals surface area contributed by atoms with Crippen LogP contribution >= 0.6 is 0 Å². The fourth-order valence-corrected chi connectivity index (χ4v) is 6.65. The molecule has 0 aromatic heterocycles. The maximum atomic E-state index is 12.1. The zero-order valence-corrected chi connectivity index (χ0v) is 26.5. The minimum atomic E-state index is -5.45. The van der Waals surface area contributed by atoms with Crippen molar-refractivity contribution < 1.29 is 57.0 Å². The molecule has 22 heteroatoms. The van der Waals surface area contributed by atoms with Crippen LogP contribution in [0.25, 0.3) is 21.5 Å². The van der Waals surface area contributed by atoms with Crippen molar-refractivity contribution in [2.45, 2.75) is 19.6 Å². The number of hydrogen-bond acceptors (Lipinski definition) is 18. The molecule has 0 heterocycles. The van der Waals surface area contributed by atoms with Crippen LogP contribution in [0.1, 0.15) is 0 Å². The van der Waals surface area contributed by atoms with Crippen molar-refractivity contribution in [1.29, 1.82) is 0 Å². The van der Waals surface area contributed by atoms with Crippen LogP contribution in [0.3, 0.4) is 0 Å². The number of rotatable bonds is 8. The summed E-state index contributed by atoms with van der Waals surface area (Å²) in [6.45, 7) is 0. The van der Waals surface area contributed by atoms with Crippen molar-refractivity contribution in [2.24, 2.45) is 20.5 Å². The number of nitrogen functional groups attached to an aromatic ring is 1. The zero-order chi connectivity index (χ0) is 35.4. The number of fused-ring (bicyclic) bond motifs is 2. The van der Waals surface area contributed by atoms with Gasteiger partial charge in [-0.05, 0) is 72.1 Å². The summed E-state index contributed by atoms with van der Waals surface area (Å²) in [6.07, 6.45) is 0. The van der Waals surface area contributed by atoms with Gasteiger partial charge in [0.1, 0.15) is 46.2 Å². The molecule has 0 spiro atoms. The average Bonchev–Trinajstić information content (AvgIpc) is 2.97. The number of azo groups is 2. The average molecular weight is 734 g/mol. The van der Waals surface area contributed by atoms with Gasteiger partial charge in [0.05, 0.1) is 36.6 Å². The standard InChI is InChI=1S/C26H19N5O13S4/c27-20-12-18-13(9-23(20)47(39,40)41)10-24(48(42,43)44)25(26(18)32)31-30-22-8-7-21(17-6-5-16(11-19(17)22)46(36,37)38)29-28-14-1-3-15(4-2-14)45(33,34)35/h1-12,32H,27H2,(H,33,34,35)(H,36,37,38)(H,39,40,41)(H,42,43,44)/p-4. The lowest BCUT2D eigenvalue weighted by Crippen LogP contribution is -2.04. The fraction of sp³-hybridized carbons (Fsp3) is 0. The van der Waals surface area contributed by atoms with Crippen molar-refractivity contribution in [3.8, 4) is 5.75 Å². The maximum Gasteiger partial charge on any atom is 0.152 e. The molecule has 0 aliphatic rings. The molecule has 0 fully saturated rings. The highest BCUT2D eigenvalue weighted by Gasteiger charge is 2.20. The highest BCUT2D eigenvalue weighted by atomic mass is 32.2. The van der Waals surface area contributed by atoms with Crippen molar-refractivity contribution in [1.82, 2.24) is 0 Å². The van der Waals surface area contributed by atoms with E-state index < -0.39 is 77.2 Å². The van der Waals surface area contributed by atoms with Gasteiger partial charge in [0.25, 0.3) is 0 Å². The van der Waals surface area contributed by atoms with E-state index in [0.29, 0.717) is 12.1 Å². The Hall–Kier alpha value is -4.94. The Morgan fingerprint density at radius 1 is 0.521 bits per heavy atom. The smallest absolute Gasteiger partial charge is 0.152 e. The molecule has 48 heavy (non-hydrogen) atoms. The molecule has 0 amide bonds. The first kappa shape index (κ1) is 34.4. The summed E-state index contributed by atoms with van der Waals surface area (Å²) in [5.41, 5.74) is 4.03. The summed E-state index contributed by atoms with van der Waals surface area (Å²) in [5, 5.41) is 25.8. The number of aromatic hydroxyl groups is 1. The normalized spacial score (nSPS) is 13.2. The van der Waals surface area contributed by atoms with Gasteiger partial charge in [-0.2, -0.15) is 5.11 Å². The molecule has 18 nitrogen and oxygen atoms in total. The predicted molar refractivity (Wildman–Crippen MR) is 161 cm³/mol. The summed E-state index contributed by atoms with van der Waals surface area (Å²) in [4.78, 5) is -3.35. The number of hydrogen-bond donors (Lipinski definition) is 2. The van der Waals surface area contributed by atoms with Gasteiger partial charge in [0, 0.05) is 21.8 Å². The number of anilines is 1. The molecular formula is C26H15N5O13S4-4. The van der Waals surface area contributed by atoms with Gasteiger partial charge in [-0.25, -0.2) is 33.7 Å². The summed E-state index contributed by atoms with van der Waals surface area (Å²) in [7, 11) is -20.3. The SMILES string of the molecule is Nc1cc2c(O)c(N=Nc3ccc(N=Nc4ccc(S(=O)(=O)[O-])cc4)c4ccc(S(=O)(=O)[O-])cc34)c(S(=O)(=O)[O-])cc2cc1S(=O)(=O)[O-]. The van der Waals surface area contributed by atoms with Crippen molar-refractivity contribution in [2.75, 3.05) is 5.73 Å². The molecule has 5 aromatic rings. The summed E-state index contributed by atoms with van der Waals surface area (Å²) < 4.78 is 140. The highest BCUT2D eigenvalue weighted by Crippen LogP contribution is 2.44. The van der Waals surface area contributed by atoms with E-state index in [1.807, 2.05) is 0 Å². The minimum absolute atomic E-state index is 0.0512. The number of phenolic OH excluding ortho intramolecular Hbond substituents is 1. The lowest BCUT2D eigenvalue weighted by atomic mass is 10.1. The second kappa shape index (κ2) is 11.9. The third-order valence-electron chi connectivity index (χ3n) is 6.61. The van der Waals surface area contributed by atoms with Crippen LogP contribution < -0.4 is 5.73 Å². The molecule has 3 N–H and O–H groups in total. The largest absolute Gasteiger partial charge is 0.744 e. The number of phenols is 1. The van der Waals surface area contributed by atoms with Crippen LogP contribution in [0, 0.1) is 0 Å². The van der Waals surface area contributed by atoms with Crippen molar-refractivity contribution in [3.63, 3.8) is 0 Å². The van der Waals surface area contributed by atoms with Crippen LogP contribution in [-0.4, -0.2) is 57.0 Å². The molecular weight excluding hydrogens is 719 g/mol. The van der Waals surface area contributed by atoms with Crippen molar-refractivity contribution in [3.05, 3.63) is 72.8 Å². The molecule has 0 saturated carbocycles. The third kappa shape index (κ3) is 6.99. The van der Waals surface area contributed by atoms with E-state index in [0.717, 1.165) is 30.3 Å². The predicted octanol–water partition coefficient (Wildman–Crippen LogP) is 3.73. The van der Waals surface area contributed by atoms with E-state index in [1.165, 1.54) is 30.3 Å². The monoisotopic (exact) mass is 733 g/mol. The molecule has 0 aliphatic carbocycles. The first-order valence-electron chi connectivity index (χ1n) is 12.6. The molecule has 0 bridgehead atoms. The Balaban J connectivity index is 1.68. The van der Waals surface area contributed by atoms with Crippen LogP contribution in [0.15, 0.2) is 113 Å². The number of nitrogens with zero attached hydrogens (tertiary/aromatic N) is 4. The van der Waals surface area contributed by atoms with Gasteiger partial charge in [-0.15, -0.1) is 15.3 Å². The minimum Gasteiger partial charge on any atom is -0.744 e. The third-order valence-corrected chi connectivity index (χ3v) is 10.0.